The molecule has 2 atom stereocenters. The van der Waals surface area contributed by atoms with E-state index in [1.807, 2.05) is 30.3 Å². The first-order chi connectivity index (χ1) is 11.5. The Balaban J connectivity index is 1.85. The normalized spacial score (nSPS) is 19.0. The van der Waals surface area contributed by atoms with Crippen molar-refractivity contribution in [3.05, 3.63) is 52.0 Å². The molecule has 0 spiro atoms. The first kappa shape index (κ1) is 17.0. The summed E-state index contributed by atoms with van der Waals surface area (Å²) in [7, 11) is 1.66. The second-order valence-corrected chi connectivity index (χ2v) is 6.76. The van der Waals surface area contributed by atoms with Crippen LogP contribution in [0, 0.1) is 0 Å². The van der Waals surface area contributed by atoms with Crippen LogP contribution in [0.2, 0.25) is 5.02 Å². The van der Waals surface area contributed by atoms with Crippen LogP contribution in [0.25, 0.3) is 0 Å². The first-order valence-electron chi connectivity index (χ1n) is 8.39. The molecule has 24 heavy (non-hydrogen) atoms. The van der Waals surface area contributed by atoms with E-state index in [0.717, 1.165) is 36.1 Å². The zero-order valence-corrected chi connectivity index (χ0v) is 15.1. The lowest BCUT2D eigenvalue weighted by molar-refractivity contribution is 0.211. The fraction of sp³-hybridized carbons (Fsp3) is 0.400. The molecule has 1 heterocycles. The third kappa shape index (κ3) is 3.05. The summed E-state index contributed by atoms with van der Waals surface area (Å²) in [5, 5.41) is 11.2. The van der Waals surface area contributed by atoms with E-state index < -0.39 is 0 Å². The molecule has 1 aliphatic rings. The highest BCUT2D eigenvalue weighted by molar-refractivity contribution is 6.32. The van der Waals surface area contributed by atoms with Crippen LogP contribution in [-0.4, -0.2) is 18.3 Å². The van der Waals surface area contributed by atoms with E-state index in [1.54, 1.807) is 7.11 Å². The number of phenolic OH excluding ortho intramolecular Hbond substituents is 1. The predicted molar refractivity (Wildman–Crippen MR) is 96.6 cm³/mol. The third-order valence-electron chi connectivity index (χ3n) is 4.72. The van der Waals surface area contributed by atoms with E-state index in [1.165, 1.54) is 5.56 Å². The monoisotopic (exact) mass is 346 g/mol. The van der Waals surface area contributed by atoms with Crippen LogP contribution >= 0.6 is 11.6 Å². The van der Waals surface area contributed by atoms with Crippen molar-refractivity contribution >= 4 is 11.6 Å². The minimum absolute atomic E-state index is 0.0336. The lowest BCUT2D eigenvalue weighted by Crippen LogP contribution is -2.19. The van der Waals surface area contributed by atoms with Crippen molar-refractivity contribution in [2.75, 3.05) is 7.11 Å². The van der Waals surface area contributed by atoms with Gasteiger partial charge in [-0.3, -0.25) is 0 Å². The second-order valence-electron chi connectivity index (χ2n) is 6.36. The van der Waals surface area contributed by atoms with E-state index in [0.29, 0.717) is 16.5 Å². The number of phenols is 1. The zero-order valence-electron chi connectivity index (χ0n) is 14.3. The standard InChI is InChI=1S/C20H23ClO3/c1-4-5-14-11-16(21)20-18(19(14)22)12(2)17(24-20)10-13-6-8-15(23-3)9-7-13/h6-9,11-12,17,22H,4-5,10H2,1-3H3. The maximum Gasteiger partial charge on any atom is 0.145 e. The number of fused-ring (bicyclic) bond motifs is 1. The highest BCUT2D eigenvalue weighted by Gasteiger charge is 2.36. The summed E-state index contributed by atoms with van der Waals surface area (Å²) in [5.74, 6) is 1.92. The molecular weight excluding hydrogens is 324 g/mol. The molecule has 2 aromatic carbocycles. The molecule has 0 amide bonds. The molecule has 0 bridgehead atoms. The first-order valence-corrected chi connectivity index (χ1v) is 8.76. The van der Waals surface area contributed by atoms with Crippen LogP contribution < -0.4 is 9.47 Å². The van der Waals surface area contributed by atoms with Crippen molar-refractivity contribution in [1.29, 1.82) is 0 Å². The van der Waals surface area contributed by atoms with Gasteiger partial charge in [-0.25, -0.2) is 0 Å². The van der Waals surface area contributed by atoms with Crippen LogP contribution in [0.4, 0.5) is 0 Å². The van der Waals surface area contributed by atoms with E-state index in [9.17, 15) is 5.11 Å². The molecule has 0 aliphatic carbocycles. The number of ether oxygens (including phenoxy) is 2. The Labute approximate surface area is 148 Å². The SMILES string of the molecule is CCCc1cc(Cl)c2c(c1O)C(C)C(Cc1ccc(OC)cc1)O2. The van der Waals surface area contributed by atoms with Gasteiger partial charge in [-0.1, -0.05) is 44.0 Å². The highest BCUT2D eigenvalue weighted by atomic mass is 35.5. The van der Waals surface area contributed by atoms with Gasteiger partial charge in [-0.2, -0.15) is 0 Å². The Morgan fingerprint density at radius 1 is 1.25 bits per heavy atom. The molecule has 0 aromatic heterocycles. The molecule has 4 heteroatoms. The smallest absolute Gasteiger partial charge is 0.145 e. The lowest BCUT2D eigenvalue weighted by Gasteiger charge is -2.16. The van der Waals surface area contributed by atoms with Gasteiger partial charge in [0.2, 0.25) is 0 Å². The lowest BCUT2D eigenvalue weighted by atomic mass is 9.91. The average Bonchev–Trinajstić information content (AvgIpc) is 2.91. The number of aromatic hydroxyl groups is 1. The number of hydrogen-bond acceptors (Lipinski definition) is 3. The van der Waals surface area contributed by atoms with Gasteiger partial charge in [0.25, 0.3) is 0 Å². The topological polar surface area (TPSA) is 38.7 Å². The van der Waals surface area contributed by atoms with Crippen LogP contribution in [0.3, 0.4) is 0 Å². The van der Waals surface area contributed by atoms with Crippen molar-refractivity contribution in [2.45, 2.75) is 45.1 Å². The number of benzene rings is 2. The summed E-state index contributed by atoms with van der Waals surface area (Å²) >= 11 is 6.40. The number of halogens is 1. The van der Waals surface area contributed by atoms with Crippen molar-refractivity contribution in [3.63, 3.8) is 0 Å². The van der Waals surface area contributed by atoms with Crippen molar-refractivity contribution in [3.8, 4) is 17.2 Å². The molecule has 1 N–H and O–H groups in total. The third-order valence-corrected chi connectivity index (χ3v) is 5.00. The molecule has 128 valence electrons. The minimum atomic E-state index is -0.0336. The van der Waals surface area contributed by atoms with Crippen molar-refractivity contribution < 1.29 is 14.6 Å². The van der Waals surface area contributed by atoms with Gasteiger partial charge in [0.15, 0.2) is 0 Å². The minimum Gasteiger partial charge on any atom is -0.507 e. The number of hydrogen-bond donors (Lipinski definition) is 1. The Kier molecular flexibility index (Phi) is 4.91. The van der Waals surface area contributed by atoms with Crippen molar-refractivity contribution in [1.82, 2.24) is 0 Å². The summed E-state index contributed by atoms with van der Waals surface area (Å²) in [6, 6.07) is 9.82. The molecule has 0 saturated carbocycles. The molecule has 3 nitrogen and oxygen atoms in total. The molecule has 0 fully saturated rings. The molecule has 2 unspecified atom stereocenters. The summed E-state index contributed by atoms with van der Waals surface area (Å²) < 4.78 is 11.3. The summed E-state index contributed by atoms with van der Waals surface area (Å²) in [4.78, 5) is 0. The van der Waals surface area contributed by atoms with Gasteiger partial charge in [-0.15, -0.1) is 0 Å². The summed E-state index contributed by atoms with van der Waals surface area (Å²) in [6.45, 7) is 4.18. The zero-order chi connectivity index (χ0) is 17.3. The summed E-state index contributed by atoms with van der Waals surface area (Å²) in [5.41, 5.74) is 2.93. The van der Waals surface area contributed by atoms with Gasteiger partial charge in [0.05, 0.1) is 12.1 Å². The molecular formula is C20H23ClO3. The van der Waals surface area contributed by atoms with Gasteiger partial charge in [0.1, 0.15) is 23.4 Å². The van der Waals surface area contributed by atoms with E-state index in [4.69, 9.17) is 21.1 Å². The van der Waals surface area contributed by atoms with Gasteiger partial charge in [-0.05, 0) is 35.7 Å². The largest absolute Gasteiger partial charge is 0.507 e. The van der Waals surface area contributed by atoms with Gasteiger partial charge >= 0.3 is 0 Å². The van der Waals surface area contributed by atoms with Gasteiger partial charge in [0, 0.05) is 17.9 Å². The van der Waals surface area contributed by atoms with E-state index in [-0.39, 0.29) is 12.0 Å². The average molecular weight is 347 g/mol. The predicted octanol–water partition coefficient (Wildman–Crippen LogP) is 5.11. The molecule has 1 aliphatic heterocycles. The second kappa shape index (κ2) is 6.94. The molecule has 0 saturated heterocycles. The number of rotatable bonds is 5. The molecule has 0 radical (unpaired) electrons. The summed E-state index contributed by atoms with van der Waals surface area (Å²) in [6.07, 6.45) is 2.51. The fourth-order valence-electron chi connectivity index (χ4n) is 3.35. The maximum absolute atomic E-state index is 10.6. The maximum atomic E-state index is 10.6. The van der Waals surface area contributed by atoms with Crippen molar-refractivity contribution in [2.24, 2.45) is 0 Å². The Hall–Kier alpha value is -1.87. The van der Waals surface area contributed by atoms with Gasteiger partial charge < -0.3 is 14.6 Å². The number of methoxy groups -OCH3 is 1. The number of aryl methyl sites for hydroxylation is 1. The highest BCUT2D eigenvalue weighted by Crippen LogP contribution is 2.49. The van der Waals surface area contributed by atoms with Crippen LogP contribution in [0.15, 0.2) is 30.3 Å². The van der Waals surface area contributed by atoms with Crippen LogP contribution in [-0.2, 0) is 12.8 Å². The van der Waals surface area contributed by atoms with E-state index in [2.05, 4.69) is 13.8 Å². The quantitative estimate of drug-likeness (QED) is 0.817. The fourth-order valence-corrected chi connectivity index (χ4v) is 3.63. The Morgan fingerprint density at radius 3 is 2.58 bits per heavy atom. The van der Waals surface area contributed by atoms with Crippen LogP contribution in [0.5, 0.6) is 17.2 Å². The van der Waals surface area contributed by atoms with E-state index >= 15 is 0 Å². The van der Waals surface area contributed by atoms with Crippen LogP contribution in [0.1, 0.15) is 42.9 Å². The Bertz CT molecular complexity index is 725. The Morgan fingerprint density at radius 2 is 1.96 bits per heavy atom. The molecule has 2 aromatic rings. The molecule has 3 rings (SSSR count).